The molecule has 2 aromatic carbocycles. The van der Waals surface area contributed by atoms with Crippen LogP contribution in [-0.2, 0) is 0 Å². The lowest BCUT2D eigenvalue weighted by molar-refractivity contribution is 0.0711. The van der Waals surface area contributed by atoms with Gasteiger partial charge in [0.05, 0.1) is 21.6 Å². The van der Waals surface area contributed by atoms with E-state index in [0.29, 0.717) is 16.5 Å². The Hall–Kier alpha value is -2.33. The molecule has 1 fully saturated rings. The fourth-order valence-corrected chi connectivity index (χ4v) is 3.54. The Morgan fingerprint density at radius 2 is 1.79 bits per heavy atom. The van der Waals surface area contributed by atoms with Crippen molar-refractivity contribution >= 4 is 28.5 Å². The molecule has 0 radical (unpaired) electrons. The van der Waals surface area contributed by atoms with E-state index >= 15 is 0 Å². The van der Waals surface area contributed by atoms with Crippen molar-refractivity contribution in [3.8, 4) is 0 Å². The maximum Gasteiger partial charge on any atom is 0.255 e. The van der Waals surface area contributed by atoms with Crippen molar-refractivity contribution in [1.82, 2.24) is 14.9 Å². The number of nitrogens with one attached hydrogen (secondary N) is 1. The van der Waals surface area contributed by atoms with Crippen LogP contribution in [0.1, 0.15) is 34.9 Å². The second-order valence-corrected chi connectivity index (χ2v) is 6.59. The number of benzene rings is 2. The molecule has 24 heavy (non-hydrogen) atoms. The number of amides is 1. The molecule has 0 saturated carbocycles. The summed E-state index contributed by atoms with van der Waals surface area (Å²) in [5.41, 5.74) is 2.66. The number of nitrogens with zero attached hydrogens (tertiary/aromatic N) is 2. The number of rotatable bonds is 2. The summed E-state index contributed by atoms with van der Waals surface area (Å²) in [4.78, 5) is 22.6. The predicted octanol–water partition coefficient (Wildman–Crippen LogP) is 4.24. The summed E-state index contributed by atoms with van der Waals surface area (Å²) in [7, 11) is 0. The van der Waals surface area contributed by atoms with Gasteiger partial charge in [-0.25, -0.2) is 4.98 Å². The van der Waals surface area contributed by atoms with Crippen molar-refractivity contribution in [2.75, 3.05) is 13.1 Å². The first-order valence-electron chi connectivity index (χ1n) is 8.21. The van der Waals surface area contributed by atoms with Crippen molar-refractivity contribution in [1.29, 1.82) is 0 Å². The van der Waals surface area contributed by atoms with Crippen LogP contribution >= 0.6 is 11.6 Å². The van der Waals surface area contributed by atoms with E-state index in [0.717, 1.165) is 42.8 Å². The smallest absolute Gasteiger partial charge is 0.255 e. The maximum atomic E-state index is 12.6. The van der Waals surface area contributed by atoms with Gasteiger partial charge in [0, 0.05) is 19.0 Å². The molecule has 0 spiro atoms. The van der Waals surface area contributed by atoms with Crippen molar-refractivity contribution < 1.29 is 4.79 Å². The number of halogens is 1. The second-order valence-electron chi connectivity index (χ2n) is 6.19. The van der Waals surface area contributed by atoms with Gasteiger partial charge in [-0.1, -0.05) is 35.9 Å². The molecule has 5 heteroatoms. The van der Waals surface area contributed by atoms with E-state index in [4.69, 9.17) is 16.6 Å². The van der Waals surface area contributed by atoms with Gasteiger partial charge in [-0.15, -0.1) is 0 Å². The molecule has 4 rings (SSSR count). The second kappa shape index (κ2) is 6.29. The molecule has 0 aliphatic carbocycles. The minimum absolute atomic E-state index is 0.0173. The normalized spacial score (nSPS) is 15.8. The summed E-state index contributed by atoms with van der Waals surface area (Å²) in [5, 5.41) is 0.516. The van der Waals surface area contributed by atoms with Crippen LogP contribution in [-0.4, -0.2) is 33.9 Å². The van der Waals surface area contributed by atoms with E-state index in [2.05, 4.69) is 4.98 Å². The largest absolute Gasteiger partial charge is 0.342 e. The van der Waals surface area contributed by atoms with Gasteiger partial charge >= 0.3 is 0 Å². The number of para-hydroxylation sites is 2. The van der Waals surface area contributed by atoms with Crippen LogP contribution in [0.15, 0.2) is 48.5 Å². The average molecular weight is 340 g/mol. The quantitative estimate of drug-likeness (QED) is 0.759. The lowest BCUT2D eigenvalue weighted by atomic mass is 9.95. The molecule has 1 amide bonds. The molecular weight excluding hydrogens is 322 g/mol. The predicted molar refractivity (Wildman–Crippen MR) is 95.4 cm³/mol. The van der Waals surface area contributed by atoms with Gasteiger partial charge in [-0.2, -0.15) is 0 Å². The lowest BCUT2D eigenvalue weighted by Gasteiger charge is -2.31. The van der Waals surface area contributed by atoms with Gasteiger partial charge in [0.1, 0.15) is 5.82 Å². The molecule has 1 aliphatic rings. The Morgan fingerprint density at radius 1 is 1.08 bits per heavy atom. The molecule has 0 bridgehead atoms. The highest BCUT2D eigenvalue weighted by atomic mass is 35.5. The first kappa shape index (κ1) is 15.2. The highest BCUT2D eigenvalue weighted by Gasteiger charge is 2.27. The maximum absolute atomic E-state index is 12.6. The number of carbonyl (C=O) groups excluding carboxylic acids is 1. The van der Waals surface area contributed by atoms with Crippen molar-refractivity contribution in [2.45, 2.75) is 18.8 Å². The average Bonchev–Trinajstić information content (AvgIpc) is 3.06. The number of imidazole rings is 1. The molecule has 0 atom stereocenters. The van der Waals surface area contributed by atoms with E-state index < -0.39 is 0 Å². The fourth-order valence-electron chi connectivity index (χ4n) is 3.33. The number of fused-ring (bicyclic) bond motifs is 1. The molecule has 1 saturated heterocycles. The Morgan fingerprint density at radius 3 is 2.54 bits per heavy atom. The number of likely N-dealkylation sites (tertiary alicyclic amines) is 1. The number of aromatic amines is 1. The molecule has 4 nitrogen and oxygen atoms in total. The molecule has 3 aromatic rings. The zero-order valence-corrected chi connectivity index (χ0v) is 14.0. The van der Waals surface area contributed by atoms with Gasteiger partial charge in [-0.3, -0.25) is 4.79 Å². The minimum Gasteiger partial charge on any atom is -0.342 e. The highest BCUT2D eigenvalue weighted by Crippen LogP contribution is 2.29. The van der Waals surface area contributed by atoms with Gasteiger partial charge in [0.15, 0.2) is 0 Å². The molecule has 0 unspecified atom stereocenters. The highest BCUT2D eigenvalue weighted by molar-refractivity contribution is 6.33. The number of hydrogen-bond donors (Lipinski definition) is 1. The van der Waals surface area contributed by atoms with Gasteiger partial charge in [0.2, 0.25) is 0 Å². The molecule has 1 aromatic heterocycles. The zero-order valence-electron chi connectivity index (χ0n) is 13.2. The van der Waals surface area contributed by atoms with Crippen LogP contribution in [0, 0.1) is 0 Å². The minimum atomic E-state index is 0.0173. The van der Waals surface area contributed by atoms with E-state index in [9.17, 15) is 4.79 Å². The van der Waals surface area contributed by atoms with Gasteiger partial charge in [0.25, 0.3) is 5.91 Å². The van der Waals surface area contributed by atoms with Crippen LogP contribution in [0.5, 0.6) is 0 Å². The standard InChI is InChI=1S/C19H18ClN3O/c20-15-6-2-1-5-14(15)19(24)23-11-9-13(10-12-23)18-21-16-7-3-4-8-17(16)22-18/h1-8,13H,9-12H2,(H,21,22). The molecule has 122 valence electrons. The molecular formula is C19H18ClN3O. The van der Waals surface area contributed by atoms with Crippen LogP contribution in [0.25, 0.3) is 11.0 Å². The molecule has 1 aliphatic heterocycles. The van der Waals surface area contributed by atoms with Gasteiger partial charge in [-0.05, 0) is 37.1 Å². The van der Waals surface area contributed by atoms with Crippen LogP contribution in [0.2, 0.25) is 5.02 Å². The summed E-state index contributed by atoms with van der Waals surface area (Å²) in [5.74, 6) is 1.41. The number of H-pyrrole nitrogens is 1. The van der Waals surface area contributed by atoms with E-state index in [1.807, 2.05) is 41.3 Å². The SMILES string of the molecule is O=C(c1ccccc1Cl)N1CCC(c2nc3ccccc3[nH]2)CC1. The molecule has 1 N–H and O–H groups in total. The number of hydrogen-bond acceptors (Lipinski definition) is 2. The summed E-state index contributed by atoms with van der Waals surface area (Å²) < 4.78 is 0. The Bertz CT molecular complexity index is 848. The molecule has 2 heterocycles. The third-order valence-corrected chi connectivity index (χ3v) is 5.01. The third kappa shape index (κ3) is 2.78. The number of carbonyl (C=O) groups is 1. The zero-order chi connectivity index (χ0) is 16.5. The topological polar surface area (TPSA) is 49.0 Å². The third-order valence-electron chi connectivity index (χ3n) is 4.68. The summed E-state index contributed by atoms with van der Waals surface area (Å²) in [6.45, 7) is 1.46. The van der Waals surface area contributed by atoms with Crippen molar-refractivity contribution in [3.63, 3.8) is 0 Å². The summed E-state index contributed by atoms with van der Waals surface area (Å²) in [6, 6.07) is 15.3. The fraction of sp³-hybridized carbons (Fsp3) is 0.263. The summed E-state index contributed by atoms with van der Waals surface area (Å²) in [6.07, 6.45) is 1.83. The lowest BCUT2D eigenvalue weighted by Crippen LogP contribution is -2.38. The Labute approximate surface area is 145 Å². The Kier molecular flexibility index (Phi) is 3.98. The van der Waals surface area contributed by atoms with E-state index in [1.165, 1.54) is 0 Å². The van der Waals surface area contributed by atoms with Crippen molar-refractivity contribution in [3.05, 3.63) is 64.9 Å². The van der Waals surface area contributed by atoms with E-state index in [1.54, 1.807) is 12.1 Å². The monoisotopic (exact) mass is 339 g/mol. The first-order chi connectivity index (χ1) is 11.7. The van der Waals surface area contributed by atoms with Crippen LogP contribution < -0.4 is 0 Å². The summed E-state index contributed by atoms with van der Waals surface area (Å²) >= 11 is 6.15. The van der Waals surface area contributed by atoms with Crippen LogP contribution in [0.4, 0.5) is 0 Å². The van der Waals surface area contributed by atoms with Crippen LogP contribution in [0.3, 0.4) is 0 Å². The first-order valence-corrected chi connectivity index (χ1v) is 8.58. The number of aromatic nitrogens is 2. The van der Waals surface area contributed by atoms with E-state index in [-0.39, 0.29) is 5.91 Å². The van der Waals surface area contributed by atoms with Crippen molar-refractivity contribution in [2.24, 2.45) is 0 Å². The Balaban J connectivity index is 1.47. The van der Waals surface area contributed by atoms with Gasteiger partial charge < -0.3 is 9.88 Å². The number of piperidine rings is 1.